The fraction of sp³-hybridized carbons (Fsp3) is 0.857. The summed E-state index contributed by atoms with van der Waals surface area (Å²) in [6, 6.07) is 0. The first-order valence-corrected chi connectivity index (χ1v) is 3.91. The summed E-state index contributed by atoms with van der Waals surface area (Å²) >= 11 is 0. The summed E-state index contributed by atoms with van der Waals surface area (Å²) in [4.78, 5) is 0. The maximum Gasteiger partial charge on any atom is 0.120 e. The average Bonchev–Trinajstić information content (AvgIpc) is 1.85. The lowest BCUT2D eigenvalue weighted by molar-refractivity contribution is 0.176. The molecule has 0 aromatic carbocycles. The van der Waals surface area contributed by atoms with Crippen LogP contribution in [0.4, 0.5) is 0 Å². The largest absolute Gasteiger partial charge is 0.394 e. The fourth-order valence-electron chi connectivity index (χ4n) is 1.30. The molecular weight excluding hydrogens is 142 g/mol. The number of rotatable bonds is 2. The van der Waals surface area contributed by atoms with Gasteiger partial charge in [0, 0.05) is 13.0 Å². The molecule has 1 heterocycles. The Labute approximate surface area is 66.7 Å². The molecule has 3 N–H and O–H groups in total. The van der Waals surface area contributed by atoms with E-state index in [9.17, 15) is 0 Å². The minimum Gasteiger partial charge on any atom is -0.394 e. The molecule has 0 spiro atoms. The van der Waals surface area contributed by atoms with E-state index >= 15 is 0 Å². The average molecular weight is 157 g/mol. The van der Waals surface area contributed by atoms with Gasteiger partial charge in [-0.2, -0.15) is 5.10 Å². The SMILES string of the molecule is CC1CC(N)=NN(CCO)C1. The fourth-order valence-corrected chi connectivity index (χ4v) is 1.30. The van der Waals surface area contributed by atoms with Gasteiger partial charge < -0.3 is 10.8 Å². The Bertz CT molecular complexity index is 158. The molecule has 1 unspecified atom stereocenters. The Morgan fingerprint density at radius 1 is 1.82 bits per heavy atom. The van der Waals surface area contributed by atoms with E-state index < -0.39 is 0 Å². The van der Waals surface area contributed by atoms with Crippen LogP contribution in [0.5, 0.6) is 0 Å². The molecule has 0 amide bonds. The molecule has 1 aliphatic heterocycles. The van der Waals surface area contributed by atoms with E-state index in [1.165, 1.54) is 0 Å². The molecule has 0 fully saturated rings. The van der Waals surface area contributed by atoms with E-state index in [-0.39, 0.29) is 6.61 Å². The third-order valence-corrected chi connectivity index (χ3v) is 1.71. The topological polar surface area (TPSA) is 61.8 Å². The molecule has 4 heteroatoms. The molecule has 0 aromatic rings. The number of nitrogens with two attached hydrogens (primary N) is 1. The van der Waals surface area contributed by atoms with Crippen LogP contribution >= 0.6 is 0 Å². The predicted octanol–water partition coefficient (Wildman–Crippen LogP) is -0.407. The first-order valence-electron chi connectivity index (χ1n) is 3.91. The molecule has 0 aliphatic carbocycles. The first-order chi connectivity index (χ1) is 5.22. The minimum absolute atomic E-state index is 0.142. The molecule has 0 radical (unpaired) electrons. The quantitative estimate of drug-likeness (QED) is 0.573. The van der Waals surface area contributed by atoms with Gasteiger partial charge in [-0.05, 0) is 5.92 Å². The second kappa shape index (κ2) is 3.57. The zero-order valence-electron chi connectivity index (χ0n) is 6.82. The van der Waals surface area contributed by atoms with E-state index in [2.05, 4.69) is 12.0 Å². The van der Waals surface area contributed by atoms with Gasteiger partial charge in [0.2, 0.25) is 0 Å². The van der Waals surface area contributed by atoms with Crippen molar-refractivity contribution >= 4 is 5.84 Å². The summed E-state index contributed by atoms with van der Waals surface area (Å²) < 4.78 is 0. The third-order valence-electron chi connectivity index (χ3n) is 1.71. The summed E-state index contributed by atoms with van der Waals surface area (Å²) in [5.41, 5.74) is 5.57. The van der Waals surface area contributed by atoms with Crippen LogP contribution in [0.3, 0.4) is 0 Å². The highest BCUT2D eigenvalue weighted by atomic mass is 16.3. The van der Waals surface area contributed by atoms with E-state index in [0.29, 0.717) is 18.3 Å². The number of aliphatic hydroxyl groups excluding tert-OH is 1. The van der Waals surface area contributed by atoms with Gasteiger partial charge in [0.15, 0.2) is 0 Å². The van der Waals surface area contributed by atoms with Gasteiger partial charge in [0.05, 0.1) is 13.2 Å². The molecule has 1 aliphatic rings. The van der Waals surface area contributed by atoms with E-state index in [1.54, 1.807) is 0 Å². The molecule has 4 nitrogen and oxygen atoms in total. The smallest absolute Gasteiger partial charge is 0.120 e. The van der Waals surface area contributed by atoms with Crippen LogP contribution in [-0.4, -0.2) is 35.6 Å². The van der Waals surface area contributed by atoms with Crippen molar-refractivity contribution in [1.29, 1.82) is 0 Å². The van der Waals surface area contributed by atoms with Gasteiger partial charge in [-0.15, -0.1) is 0 Å². The molecule has 1 rings (SSSR count). The van der Waals surface area contributed by atoms with E-state index in [0.717, 1.165) is 13.0 Å². The molecule has 64 valence electrons. The molecule has 0 aromatic heterocycles. The van der Waals surface area contributed by atoms with Crippen LogP contribution in [0.15, 0.2) is 5.10 Å². The maximum absolute atomic E-state index is 8.64. The minimum atomic E-state index is 0.142. The van der Waals surface area contributed by atoms with Crippen LogP contribution in [0.2, 0.25) is 0 Å². The highest BCUT2D eigenvalue weighted by Crippen LogP contribution is 2.10. The van der Waals surface area contributed by atoms with Gasteiger partial charge in [-0.1, -0.05) is 6.92 Å². The second-order valence-electron chi connectivity index (χ2n) is 3.04. The molecule has 0 saturated carbocycles. The van der Waals surface area contributed by atoms with Crippen molar-refractivity contribution in [3.05, 3.63) is 0 Å². The molecule has 11 heavy (non-hydrogen) atoms. The van der Waals surface area contributed by atoms with Crippen LogP contribution in [-0.2, 0) is 0 Å². The number of β-amino-alcohol motifs (C(OH)–C–C–N with tert-alkyl or cyclic N) is 1. The van der Waals surface area contributed by atoms with Gasteiger partial charge in [0.25, 0.3) is 0 Å². The Balaban J connectivity index is 2.47. The van der Waals surface area contributed by atoms with Crippen molar-refractivity contribution < 1.29 is 5.11 Å². The third kappa shape index (κ3) is 2.38. The first kappa shape index (κ1) is 8.33. The van der Waals surface area contributed by atoms with Crippen molar-refractivity contribution in [1.82, 2.24) is 5.01 Å². The summed E-state index contributed by atoms with van der Waals surface area (Å²) in [6.45, 7) is 3.77. The van der Waals surface area contributed by atoms with Crippen LogP contribution in [0.1, 0.15) is 13.3 Å². The zero-order valence-corrected chi connectivity index (χ0v) is 6.82. The monoisotopic (exact) mass is 157 g/mol. The van der Waals surface area contributed by atoms with Crippen molar-refractivity contribution in [2.45, 2.75) is 13.3 Å². The van der Waals surface area contributed by atoms with Gasteiger partial charge in [-0.3, -0.25) is 5.01 Å². The van der Waals surface area contributed by atoms with Crippen LogP contribution in [0, 0.1) is 5.92 Å². The lowest BCUT2D eigenvalue weighted by atomic mass is 10.1. The van der Waals surface area contributed by atoms with Crippen LogP contribution in [0.25, 0.3) is 0 Å². The summed E-state index contributed by atoms with van der Waals surface area (Å²) in [5, 5.41) is 14.6. The zero-order chi connectivity index (χ0) is 8.27. The number of nitrogens with zero attached hydrogens (tertiary/aromatic N) is 2. The van der Waals surface area contributed by atoms with Crippen molar-refractivity contribution in [2.24, 2.45) is 16.8 Å². The molecule has 0 saturated heterocycles. The highest BCUT2D eigenvalue weighted by Gasteiger charge is 2.15. The van der Waals surface area contributed by atoms with Crippen molar-refractivity contribution in [3.8, 4) is 0 Å². The van der Waals surface area contributed by atoms with E-state index in [4.69, 9.17) is 10.8 Å². The van der Waals surface area contributed by atoms with Crippen LogP contribution < -0.4 is 5.73 Å². The lowest BCUT2D eigenvalue weighted by Gasteiger charge is -2.27. The van der Waals surface area contributed by atoms with Crippen molar-refractivity contribution in [3.63, 3.8) is 0 Å². The Morgan fingerprint density at radius 3 is 3.09 bits per heavy atom. The Kier molecular flexibility index (Phi) is 2.70. The highest BCUT2D eigenvalue weighted by molar-refractivity contribution is 5.80. The normalized spacial score (nSPS) is 25.1. The second-order valence-corrected chi connectivity index (χ2v) is 3.04. The Hall–Kier alpha value is -0.770. The number of amidine groups is 1. The summed E-state index contributed by atoms with van der Waals surface area (Å²) in [6.07, 6.45) is 0.877. The maximum atomic E-state index is 8.64. The van der Waals surface area contributed by atoms with Gasteiger partial charge in [0.1, 0.15) is 5.84 Å². The molecule has 1 atom stereocenters. The molecular formula is C7H15N3O. The Morgan fingerprint density at radius 2 is 2.55 bits per heavy atom. The van der Waals surface area contributed by atoms with Gasteiger partial charge in [-0.25, -0.2) is 0 Å². The number of aliphatic hydroxyl groups is 1. The predicted molar refractivity (Wildman–Crippen MR) is 44.1 cm³/mol. The standard InChI is InChI=1S/C7H15N3O/c1-6-4-7(8)9-10(5-6)2-3-11/h6,11H,2-5H2,1H3,(H2,8,9). The number of hydrogen-bond donors (Lipinski definition) is 2. The lowest BCUT2D eigenvalue weighted by Crippen LogP contribution is -2.36. The number of hydrazone groups is 1. The van der Waals surface area contributed by atoms with E-state index in [1.807, 2.05) is 5.01 Å². The summed E-state index contributed by atoms with van der Waals surface area (Å²) in [5.74, 6) is 1.23. The molecule has 0 bridgehead atoms. The van der Waals surface area contributed by atoms with Crippen molar-refractivity contribution in [2.75, 3.05) is 19.7 Å². The number of hydrogen-bond acceptors (Lipinski definition) is 4. The van der Waals surface area contributed by atoms with Gasteiger partial charge >= 0.3 is 0 Å². The summed E-state index contributed by atoms with van der Waals surface area (Å²) in [7, 11) is 0.